The van der Waals surface area contributed by atoms with Crippen LogP contribution in [0.25, 0.3) is 5.69 Å². The first-order chi connectivity index (χ1) is 10.4. The predicted molar refractivity (Wildman–Crippen MR) is 79.1 cm³/mol. The van der Waals surface area contributed by atoms with Gasteiger partial charge in [0.2, 0.25) is 5.91 Å². The van der Waals surface area contributed by atoms with Gasteiger partial charge in [0.25, 0.3) is 0 Å². The molecule has 6 nitrogen and oxygen atoms in total. The zero-order valence-electron chi connectivity index (χ0n) is 11.8. The van der Waals surface area contributed by atoms with E-state index in [-0.39, 0.29) is 13.0 Å². The van der Waals surface area contributed by atoms with Crippen LogP contribution >= 0.6 is 0 Å². The molecule has 116 valence electrons. The van der Waals surface area contributed by atoms with Gasteiger partial charge in [-0.2, -0.15) is 8.42 Å². The van der Waals surface area contributed by atoms with Crippen LogP contribution in [0.2, 0.25) is 0 Å². The van der Waals surface area contributed by atoms with Gasteiger partial charge in [0.15, 0.2) is 0 Å². The molecule has 22 heavy (non-hydrogen) atoms. The molecule has 1 aliphatic rings. The highest BCUT2D eigenvalue weighted by molar-refractivity contribution is 7.87. The molecule has 0 spiro atoms. The van der Waals surface area contributed by atoms with Crippen LogP contribution < -0.4 is 4.90 Å². The predicted octanol–water partition coefficient (Wildman–Crippen LogP) is 1.59. The first-order valence-corrected chi connectivity index (χ1v) is 8.15. The third-order valence-corrected chi connectivity index (χ3v) is 4.87. The molecule has 0 N–H and O–H groups in total. The van der Waals surface area contributed by atoms with Crippen molar-refractivity contribution in [1.29, 1.82) is 0 Å². The minimum atomic E-state index is -4.70. The summed E-state index contributed by atoms with van der Waals surface area (Å²) in [5, 5.41) is -1.28. The van der Waals surface area contributed by atoms with Crippen molar-refractivity contribution in [2.24, 2.45) is 0 Å². The van der Waals surface area contributed by atoms with Crippen LogP contribution in [0.15, 0.2) is 36.7 Å². The summed E-state index contributed by atoms with van der Waals surface area (Å²) >= 11 is 0. The Morgan fingerprint density at radius 1 is 1.23 bits per heavy atom. The van der Waals surface area contributed by atoms with Crippen molar-refractivity contribution < 1.29 is 17.1 Å². The number of hydrogen-bond acceptors (Lipinski definition) is 4. The third-order valence-electron chi connectivity index (χ3n) is 3.75. The Morgan fingerprint density at radius 3 is 2.36 bits per heavy atom. The first-order valence-electron chi connectivity index (χ1n) is 6.70. The van der Waals surface area contributed by atoms with E-state index in [1.807, 2.05) is 17.7 Å². The summed E-state index contributed by atoms with van der Waals surface area (Å²) in [7, 11) is -4.70. The minimum Gasteiger partial charge on any atom is -0.311 e. The molecule has 1 atom stereocenters. The fourth-order valence-electron chi connectivity index (χ4n) is 2.56. The van der Waals surface area contributed by atoms with E-state index in [1.165, 1.54) is 4.90 Å². The molecule has 1 aliphatic heterocycles. The molecule has 8 heteroatoms. The number of aryl methyl sites for hydroxylation is 1. The highest BCUT2D eigenvalue weighted by Gasteiger charge is 2.38. The second-order valence-corrected chi connectivity index (χ2v) is 6.78. The van der Waals surface area contributed by atoms with E-state index in [0.717, 1.165) is 11.5 Å². The average molecular weight is 323 g/mol. The number of aromatic nitrogens is 2. The molecule has 1 aromatic carbocycles. The Hall–Kier alpha value is -2.22. The number of halogens is 1. The standard InChI is InChI=1S/C14H14FN3O3S/c1-10-16-6-7-17(10)11-2-4-12(5-3-11)18-9-13(8-14(18)19)22(15,20)21/h2-7,13H,8-9H2,1H3. The van der Waals surface area contributed by atoms with Gasteiger partial charge in [-0.1, -0.05) is 0 Å². The Kier molecular flexibility index (Phi) is 3.48. The van der Waals surface area contributed by atoms with E-state index < -0.39 is 21.4 Å². The van der Waals surface area contributed by atoms with Crippen molar-refractivity contribution in [3.63, 3.8) is 0 Å². The lowest BCUT2D eigenvalue weighted by Crippen LogP contribution is -2.26. The summed E-state index contributed by atoms with van der Waals surface area (Å²) in [6.07, 6.45) is 3.18. The van der Waals surface area contributed by atoms with Crippen molar-refractivity contribution in [3.8, 4) is 5.69 Å². The van der Waals surface area contributed by atoms with Gasteiger partial charge in [0, 0.05) is 36.7 Å². The molecule has 1 amide bonds. The van der Waals surface area contributed by atoms with Crippen LogP contribution in [0.5, 0.6) is 0 Å². The number of rotatable bonds is 3. The second kappa shape index (κ2) is 5.20. The van der Waals surface area contributed by atoms with Crippen LogP contribution in [0.1, 0.15) is 12.2 Å². The maximum Gasteiger partial charge on any atom is 0.307 e. The van der Waals surface area contributed by atoms with Crippen LogP contribution in [-0.4, -0.2) is 35.7 Å². The Balaban J connectivity index is 1.85. The number of nitrogens with zero attached hydrogens (tertiary/aromatic N) is 3. The van der Waals surface area contributed by atoms with Gasteiger partial charge < -0.3 is 9.47 Å². The monoisotopic (exact) mass is 323 g/mol. The van der Waals surface area contributed by atoms with Crippen LogP contribution in [0.3, 0.4) is 0 Å². The van der Waals surface area contributed by atoms with E-state index in [1.54, 1.807) is 30.5 Å². The molecule has 2 aromatic rings. The molecule has 0 radical (unpaired) electrons. The maximum atomic E-state index is 13.0. The lowest BCUT2D eigenvalue weighted by atomic mass is 10.2. The zero-order valence-corrected chi connectivity index (χ0v) is 12.6. The molecule has 0 bridgehead atoms. The lowest BCUT2D eigenvalue weighted by molar-refractivity contribution is -0.117. The van der Waals surface area contributed by atoms with Crippen molar-refractivity contribution in [2.75, 3.05) is 11.4 Å². The smallest absolute Gasteiger partial charge is 0.307 e. The van der Waals surface area contributed by atoms with Crippen molar-refractivity contribution in [1.82, 2.24) is 9.55 Å². The number of carbonyl (C=O) groups is 1. The second-order valence-electron chi connectivity index (χ2n) is 5.17. The van der Waals surface area contributed by atoms with E-state index in [9.17, 15) is 17.1 Å². The fourth-order valence-corrected chi connectivity index (χ4v) is 3.23. The SMILES string of the molecule is Cc1nccn1-c1ccc(N2CC(S(=O)(=O)F)CC2=O)cc1. The maximum absolute atomic E-state index is 13.0. The zero-order chi connectivity index (χ0) is 15.9. The number of benzene rings is 1. The topological polar surface area (TPSA) is 72.3 Å². The van der Waals surface area contributed by atoms with Gasteiger partial charge in [-0.15, -0.1) is 3.89 Å². The quantitative estimate of drug-likeness (QED) is 0.804. The summed E-state index contributed by atoms with van der Waals surface area (Å²) in [5.74, 6) is 0.436. The molecule has 1 fully saturated rings. The number of amides is 1. The van der Waals surface area contributed by atoms with E-state index >= 15 is 0 Å². The van der Waals surface area contributed by atoms with Gasteiger partial charge in [-0.3, -0.25) is 4.79 Å². The molecular formula is C14H14FN3O3S. The lowest BCUT2D eigenvalue weighted by Gasteiger charge is -2.16. The minimum absolute atomic E-state index is 0.152. The summed E-state index contributed by atoms with van der Waals surface area (Å²) in [4.78, 5) is 17.3. The first kappa shape index (κ1) is 14.7. The highest BCUT2D eigenvalue weighted by Crippen LogP contribution is 2.26. The van der Waals surface area contributed by atoms with Gasteiger partial charge >= 0.3 is 10.2 Å². The fraction of sp³-hybridized carbons (Fsp3) is 0.286. The molecule has 1 saturated heterocycles. The highest BCUT2D eigenvalue weighted by atomic mass is 32.3. The summed E-state index contributed by atoms with van der Waals surface area (Å²) in [6.45, 7) is 1.72. The van der Waals surface area contributed by atoms with E-state index in [0.29, 0.717) is 5.69 Å². The number of imidazole rings is 1. The molecule has 3 rings (SSSR count). The molecule has 0 aliphatic carbocycles. The van der Waals surface area contributed by atoms with Crippen molar-refractivity contribution in [3.05, 3.63) is 42.5 Å². The van der Waals surface area contributed by atoms with Gasteiger partial charge in [0.05, 0.1) is 0 Å². The largest absolute Gasteiger partial charge is 0.311 e. The van der Waals surface area contributed by atoms with E-state index in [4.69, 9.17) is 0 Å². The number of hydrogen-bond donors (Lipinski definition) is 0. The van der Waals surface area contributed by atoms with Crippen LogP contribution in [-0.2, 0) is 15.0 Å². The van der Waals surface area contributed by atoms with Gasteiger partial charge in [-0.25, -0.2) is 4.98 Å². The van der Waals surface area contributed by atoms with Crippen molar-refractivity contribution in [2.45, 2.75) is 18.6 Å². The Morgan fingerprint density at radius 2 is 1.86 bits per heavy atom. The molecule has 2 heterocycles. The molecule has 0 saturated carbocycles. The Labute approximate surface area is 127 Å². The van der Waals surface area contributed by atoms with Crippen LogP contribution in [0.4, 0.5) is 9.57 Å². The van der Waals surface area contributed by atoms with Crippen LogP contribution in [0, 0.1) is 6.92 Å². The summed E-state index contributed by atoms with van der Waals surface area (Å²) in [6, 6.07) is 7.02. The normalized spacial score (nSPS) is 18.9. The third kappa shape index (κ3) is 2.61. The average Bonchev–Trinajstić information content (AvgIpc) is 3.05. The molecular weight excluding hydrogens is 309 g/mol. The Bertz CT molecular complexity index is 814. The van der Waals surface area contributed by atoms with E-state index in [2.05, 4.69) is 4.98 Å². The van der Waals surface area contributed by atoms with Gasteiger partial charge in [0.1, 0.15) is 11.1 Å². The summed E-state index contributed by atoms with van der Waals surface area (Å²) in [5.41, 5.74) is 1.43. The molecule has 1 aromatic heterocycles. The molecule has 1 unspecified atom stereocenters. The van der Waals surface area contributed by atoms with Gasteiger partial charge in [-0.05, 0) is 31.2 Å². The number of anilines is 1. The number of carbonyl (C=O) groups excluding carboxylic acids is 1. The van der Waals surface area contributed by atoms with Crippen molar-refractivity contribution >= 4 is 21.8 Å². The summed E-state index contributed by atoms with van der Waals surface area (Å²) < 4.78 is 36.8.